The quantitative estimate of drug-likeness (QED) is 0.669. The van der Waals surface area contributed by atoms with Gasteiger partial charge >= 0.3 is 0 Å². The molecule has 0 amide bonds. The summed E-state index contributed by atoms with van der Waals surface area (Å²) in [7, 11) is 0. The number of aromatic nitrogens is 4. The van der Waals surface area contributed by atoms with Crippen LogP contribution in [0.25, 0.3) is 17.2 Å². The number of nitrogens with zero attached hydrogens (tertiary/aromatic N) is 4. The van der Waals surface area contributed by atoms with Gasteiger partial charge < -0.3 is 0 Å². The molecule has 2 aromatic heterocycles. The van der Waals surface area contributed by atoms with Gasteiger partial charge in [0.15, 0.2) is 11.6 Å². The first-order valence-electron chi connectivity index (χ1n) is 6.36. The number of rotatable bonds is 2. The SMILES string of the molecule is CC(=O)c1cnc2nc(-c3ccc(C)cc3)nn2c1C. The normalized spacial score (nSPS) is 10.9. The number of benzene rings is 1. The van der Waals surface area contributed by atoms with Crippen LogP contribution in [0.5, 0.6) is 0 Å². The highest BCUT2D eigenvalue weighted by atomic mass is 16.1. The van der Waals surface area contributed by atoms with Gasteiger partial charge in [-0.1, -0.05) is 29.8 Å². The van der Waals surface area contributed by atoms with E-state index in [9.17, 15) is 4.79 Å². The Labute approximate surface area is 116 Å². The van der Waals surface area contributed by atoms with Crippen molar-refractivity contribution in [1.82, 2.24) is 19.6 Å². The van der Waals surface area contributed by atoms with Crippen LogP contribution in [0.15, 0.2) is 30.5 Å². The van der Waals surface area contributed by atoms with Gasteiger partial charge in [0, 0.05) is 11.8 Å². The van der Waals surface area contributed by atoms with Crippen molar-refractivity contribution >= 4 is 11.6 Å². The van der Waals surface area contributed by atoms with Gasteiger partial charge in [0.05, 0.1) is 11.3 Å². The molecule has 0 unspecified atom stereocenters. The minimum absolute atomic E-state index is 0.0238. The van der Waals surface area contributed by atoms with Crippen molar-refractivity contribution in [1.29, 1.82) is 0 Å². The van der Waals surface area contributed by atoms with E-state index in [0.717, 1.165) is 11.3 Å². The van der Waals surface area contributed by atoms with Gasteiger partial charge in [0.2, 0.25) is 0 Å². The molecule has 0 aliphatic rings. The average Bonchev–Trinajstić information content (AvgIpc) is 2.84. The topological polar surface area (TPSA) is 60.2 Å². The second-order valence-electron chi connectivity index (χ2n) is 4.83. The molecule has 5 nitrogen and oxygen atoms in total. The van der Waals surface area contributed by atoms with Crippen LogP contribution in [0.2, 0.25) is 0 Å². The minimum atomic E-state index is -0.0238. The van der Waals surface area contributed by atoms with Crippen LogP contribution in [0.1, 0.15) is 28.5 Å². The highest BCUT2D eigenvalue weighted by Crippen LogP contribution is 2.18. The molecule has 100 valence electrons. The zero-order chi connectivity index (χ0) is 14.3. The van der Waals surface area contributed by atoms with E-state index in [0.29, 0.717) is 17.2 Å². The Kier molecular flexibility index (Phi) is 2.82. The van der Waals surface area contributed by atoms with Crippen molar-refractivity contribution in [3.8, 4) is 11.4 Å². The summed E-state index contributed by atoms with van der Waals surface area (Å²) in [6.07, 6.45) is 1.56. The van der Waals surface area contributed by atoms with E-state index < -0.39 is 0 Å². The van der Waals surface area contributed by atoms with E-state index in [2.05, 4.69) is 15.1 Å². The smallest absolute Gasteiger partial charge is 0.252 e. The number of hydrogen-bond donors (Lipinski definition) is 0. The second kappa shape index (κ2) is 4.52. The number of carbonyl (C=O) groups is 1. The summed E-state index contributed by atoms with van der Waals surface area (Å²) in [5.41, 5.74) is 3.45. The fourth-order valence-corrected chi connectivity index (χ4v) is 2.11. The fraction of sp³-hybridized carbons (Fsp3) is 0.200. The maximum absolute atomic E-state index is 11.5. The molecule has 20 heavy (non-hydrogen) atoms. The lowest BCUT2D eigenvalue weighted by Gasteiger charge is -2.01. The first-order chi connectivity index (χ1) is 9.56. The molecule has 0 fully saturated rings. The summed E-state index contributed by atoms with van der Waals surface area (Å²) in [6.45, 7) is 5.40. The monoisotopic (exact) mass is 266 g/mol. The highest BCUT2D eigenvalue weighted by Gasteiger charge is 2.13. The Morgan fingerprint density at radius 1 is 1.15 bits per heavy atom. The van der Waals surface area contributed by atoms with Crippen LogP contribution in [0.4, 0.5) is 0 Å². The molecular weight excluding hydrogens is 252 g/mol. The van der Waals surface area contributed by atoms with Gasteiger partial charge in [0.25, 0.3) is 5.78 Å². The molecule has 3 aromatic rings. The molecule has 0 atom stereocenters. The fourth-order valence-electron chi connectivity index (χ4n) is 2.11. The zero-order valence-electron chi connectivity index (χ0n) is 11.6. The summed E-state index contributed by atoms with van der Waals surface area (Å²) in [5.74, 6) is 1.09. The predicted octanol–water partition coefficient (Wildman–Crippen LogP) is 2.61. The molecule has 0 saturated carbocycles. The Morgan fingerprint density at radius 2 is 1.85 bits per heavy atom. The molecule has 0 aliphatic carbocycles. The molecular formula is C15H14N4O. The molecule has 0 radical (unpaired) electrons. The van der Waals surface area contributed by atoms with Crippen LogP contribution in [-0.2, 0) is 0 Å². The second-order valence-corrected chi connectivity index (χ2v) is 4.83. The number of fused-ring (bicyclic) bond motifs is 1. The summed E-state index contributed by atoms with van der Waals surface area (Å²) < 4.78 is 1.62. The van der Waals surface area contributed by atoms with Crippen LogP contribution in [0.3, 0.4) is 0 Å². The lowest BCUT2D eigenvalue weighted by Crippen LogP contribution is -2.05. The molecule has 2 heterocycles. The van der Waals surface area contributed by atoms with Crippen molar-refractivity contribution in [3.63, 3.8) is 0 Å². The van der Waals surface area contributed by atoms with E-state index in [1.807, 2.05) is 38.1 Å². The van der Waals surface area contributed by atoms with Gasteiger partial charge in [-0.05, 0) is 20.8 Å². The standard InChI is InChI=1S/C15H14N4O/c1-9-4-6-12(7-5-9)14-17-15-16-8-13(11(3)20)10(2)19(15)18-14/h4-8H,1-3H3. The van der Waals surface area contributed by atoms with Crippen LogP contribution < -0.4 is 0 Å². The van der Waals surface area contributed by atoms with Crippen molar-refractivity contribution in [3.05, 3.63) is 47.3 Å². The molecule has 0 spiro atoms. The van der Waals surface area contributed by atoms with E-state index in [4.69, 9.17) is 0 Å². The number of ketones is 1. The van der Waals surface area contributed by atoms with Gasteiger partial charge in [-0.15, -0.1) is 5.10 Å². The van der Waals surface area contributed by atoms with E-state index >= 15 is 0 Å². The highest BCUT2D eigenvalue weighted by molar-refractivity contribution is 5.94. The Morgan fingerprint density at radius 3 is 2.50 bits per heavy atom. The van der Waals surface area contributed by atoms with E-state index in [1.54, 1.807) is 10.7 Å². The van der Waals surface area contributed by atoms with Gasteiger partial charge in [0.1, 0.15) is 0 Å². The third-order valence-corrected chi connectivity index (χ3v) is 3.30. The molecule has 1 aromatic carbocycles. The van der Waals surface area contributed by atoms with E-state index in [-0.39, 0.29) is 5.78 Å². The van der Waals surface area contributed by atoms with Crippen molar-refractivity contribution in [2.75, 3.05) is 0 Å². The molecule has 3 rings (SSSR count). The van der Waals surface area contributed by atoms with E-state index in [1.165, 1.54) is 12.5 Å². The Hall–Kier alpha value is -2.56. The average molecular weight is 266 g/mol. The number of carbonyl (C=O) groups excluding carboxylic acids is 1. The van der Waals surface area contributed by atoms with Crippen LogP contribution in [-0.4, -0.2) is 25.4 Å². The van der Waals surface area contributed by atoms with Gasteiger partial charge in [-0.3, -0.25) is 4.79 Å². The van der Waals surface area contributed by atoms with Crippen molar-refractivity contribution < 1.29 is 4.79 Å². The maximum Gasteiger partial charge on any atom is 0.252 e. The molecule has 0 aliphatic heterocycles. The van der Waals surface area contributed by atoms with Crippen LogP contribution >= 0.6 is 0 Å². The first kappa shape index (κ1) is 12.5. The third-order valence-electron chi connectivity index (χ3n) is 3.30. The van der Waals surface area contributed by atoms with Gasteiger partial charge in [-0.2, -0.15) is 4.98 Å². The number of aryl methyl sites for hydroxylation is 2. The van der Waals surface area contributed by atoms with Crippen molar-refractivity contribution in [2.45, 2.75) is 20.8 Å². The third kappa shape index (κ3) is 1.97. The first-order valence-corrected chi connectivity index (χ1v) is 6.36. The molecule has 0 saturated heterocycles. The van der Waals surface area contributed by atoms with Crippen molar-refractivity contribution in [2.24, 2.45) is 0 Å². The lowest BCUT2D eigenvalue weighted by atomic mass is 10.1. The predicted molar refractivity (Wildman–Crippen MR) is 75.7 cm³/mol. The molecule has 0 N–H and O–H groups in total. The summed E-state index contributed by atoms with van der Waals surface area (Å²) in [5, 5.41) is 4.45. The molecule has 5 heteroatoms. The lowest BCUT2D eigenvalue weighted by molar-refractivity contribution is 0.101. The van der Waals surface area contributed by atoms with Crippen LogP contribution in [0, 0.1) is 13.8 Å². The summed E-state index contributed by atoms with van der Waals surface area (Å²) in [4.78, 5) is 20.1. The largest absolute Gasteiger partial charge is 0.294 e. The number of Topliss-reactive ketones (excluding diaryl/α,β-unsaturated/α-hetero) is 1. The minimum Gasteiger partial charge on any atom is -0.294 e. The Bertz CT molecular complexity index is 803. The van der Waals surface area contributed by atoms with Gasteiger partial charge in [-0.25, -0.2) is 9.50 Å². The Balaban J connectivity index is 2.18. The maximum atomic E-state index is 11.5. The summed E-state index contributed by atoms with van der Waals surface area (Å²) >= 11 is 0. The molecule has 0 bridgehead atoms. The number of hydrogen-bond acceptors (Lipinski definition) is 4. The summed E-state index contributed by atoms with van der Waals surface area (Å²) in [6, 6.07) is 7.99. The zero-order valence-corrected chi connectivity index (χ0v) is 11.6.